The highest BCUT2D eigenvalue weighted by molar-refractivity contribution is 7.99. The van der Waals surface area contributed by atoms with Crippen LogP contribution < -0.4 is 5.56 Å². The van der Waals surface area contributed by atoms with Crippen molar-refractivity contribution in [3.05, 3.63) is 54.7 Å². The SMILES string of the molecule is CC(=O)c1ccc(Sc2nc3sc4c(c3c(=O)n2C)CCCC4)c([N+](=O)[O-])c1. The topological polar surface area (TPSA) is 95.1 Å². The molecule has 0 bridgehead atoms. The van der Waals surface area contributed by atoms with E-state index in [0.717, 1.165) is 43.0 Å². The Kier molecular flexibility index (Phi) is 4.80. The maximum atomic E-state index is 13.0. The van der Waals surface area contributed by atoms with Crippen molar-refractivity contribution in [3.63, 3.8) is 0 Å². The molecule has 0 spiro atoms. The lowest BCUT2D eigenvalue weighted by Gasteiger charge is -2.11. The van der Waals surface area contributed by atoms with Crippen LogP contribution in [0.4, 0.5) is 5.69 Å². The van der Waals surface area contributed by atoms with E-state index in [4.69, 9.17) is 0 Å². The van der Waals surface area contributed by atoms with Crippen LogP contribution in [0.1, 0.15) is 40.6 Å². The molecule has 9 heteroatoms. The first-order chi connectivity index (χ1) is 13.4. The van der Waals surface area contributed by atoms with Crippen LogP contribution in [0.15, 0.2) is 33.0 Å². The number of thiophene rings is 1. The lowest BCUT2D eigenvalue weighted by atomic mass is 9.97. The minimum atomic E-state index is -0.519. The minimum absolute atomic E-state index is 0.116. The van der Waals surface area contributed by atoms with E-state index in [1.54, 1.807) is 24.5 Å². The van der Waals surface area contributed by atoms with E-state index >= 15 is 0 Å². The van der Waals surface area contributed by atoms with Gasteiger partial charge in [0.05, 0.1) is 15.2 Å². The van der Waals surface area contributed by atoms with Crippen LogP contribution in [0.5, 0.6) is 0 Å². The second-order valence-electron chi connectivity index (χ2n) is 6.75. The molecule has 0 unspecified atom stereocenters. The molecule has 0 saturated carbocycles. The van der Waals surface area contributed by atoms with E-state index in [-0.39, 0.29) is 22.6 Å². The van der Waals surface area contributed by atoms with Crippen LogP contribution in [-0.4, -0.2) is 20.3 Å². The summed E-state index contributed by atoms with van der Waals surface area (Å²) in [5.74, 6) is -0.240. The molecule has 7 nitrogen and oxygen atoms in total. The van der Waals surface area contributed by atoms with Crippen LogP contribution >= 0.6 is 23.1 Å². The molecule has 0 atom stereocenters. The Morgan fingerprint density at radius 1 is 1.32 bits per heavy atom. The van der Waals surface area contributed by atoms with Gasteiger partial charge in [0.15, 0.2) is 10.9 Å². The van der Waals surface area contributed by atoms with Gasteiger partial charge in [0.1, 0.15) is 4.83 Å². The molecule has 3 aromatic rings. The van der Waals surface area contributed by atoms with Gasteiger partial charge in [-0.05, 0) is 62.1 Å². The fourth-order valence-corrected chi connectivity index (χ4v) is 5.66. The molecule has 0 fully saturated rings. The third kappa shape index (κ3) is 3.14. The highest BCUT2D eigenvalue weighted by Gasteiger charge is 2.23. The molecule has 2 heterocycles. The monoisotopic (exact) mass is 415 g/mol. The van der Waals surface area contributed by atoms with Crippen molar-refractivity contribution < 1.29 is 9.72 Å². The second-order valence-corrected chi connectivity index (χ2v) is 8.84. The fraction of sp³-hybridized carbons (Fsp3) is 0.316. The van der Waals surface area contributed by atoms with Crippen molar-refractivity contribution in [2.75, 3.05) is 0 Å². The van der Waals surface area contributed by atoms with Gasteiger partial charge in [-0.3, -0.25) is 24.3 Å². The van der Waals surface area contributed by atoms with Crippen molar-refractivity contribution in [1.82, 2.24) is 9.55 Å². The average molecular weight is 415 g/mol. The van der Waals surface area contributed by atoms with Crippen molar-refractivity contribution >= 4 is 44.8 Å². The van der Waals surface area contributed by atoms with Gasteiger partial charge >= 0.3 is 0 Å². The molecule has 28 heavy (non-hydrogen) atoms. The number of nitro groups is 1. The summed E-state index contributed by atoms with van der Waals surface area (Å²) in [6.07, 6.45) is 4.07. The van der Waals surface area contributed by atoms with Gasteiger partial charge < -0.3 is 0 Å². The number of hydrogen-bond acceptors (Lipinski definition) is 7. The zero-order chi connectivity index (χ0) is 20.0. The maximum Gasteiger partial charge on any atom is 0.284 e. The molecule has 0 radical (unpaired) electrons. The van der Waals surface area contributed by atoms with E-state index < -0.39 is 4.92 Å². The molecule has 1 aromatic carbocycles. The Hall–Kier alpha value is -2.52. The molecule has 0 N–H and O–H groups in total. The molecule has 0 amide bonds. The van der Waals surface area contributed by atoms with Crippen molar-refractivity contribution in [2.24, 2.45) is 7.05 Å². The number of carbonyl (C=O) groups is 1. The summed E-state index contributed by atoms with van der Waals surface area (Å²) in [6.45, 7) is 1.36. The van der Waals surface area contributed by atoms with Crippen LogP contribution in [-0.2, 0) is 19.9 Å². The standard InChI is InChI=1S/C19H17N3O4S2/c1-10(23)11-7-8-15(13(9-11)22(25)26)28-19-20-17-16(18(24)21(19)2)12-5-3-4-6-14(12)27-17/h7-9H,3-6H2,1-2H3. The Labute approximate surface area is 168 Å². The highest BCUT2D eigenvalue weighted by atomic mass is 32.2. The number of aromatic nitrogens is 2. The summed E-state index contributed by atoms with van der Waals surface area (Å²) < 4.78 is 1.46. The van der Waals surface area contributed by atoms with E-state index in [2.05, 4.69) is 4.98 Å². The van der Waals surface area contributed by atoms with E-state index in [1.165, 1.54) is 28.5 Å². The lowest BCUT2D eigenvalue weighted by Crippen LogP contribution is -2.20. The normalized spacial score (nSPS) is 13.5. The summed E-state index contributed by atoms with van der Waals surface area (Å²) in [4.78, 5) is 42.4. The van der Waals surface area contributed by atoms with E-state index in [0.29, 0.717) is 20.3 Å². The first-order valence-corrected chi connectivity index (χ1v) is 10.5. The fourth-order valence-electron chi connectivity index (χ4n) is 3.42. The Balaban J connectivity index is 1.83. The summed E-state index contributed by atoms with van der Waals surface area (Å²) in [6, 6.07) is 4.36. The number of ketones is 1. The van der Waals surface area contributed by atoms with Crippen LogP contribution in [0.2, 0.25) is 0 Å². The molecule has 1 aliphatic carbocycles. The first kappa shape index (κ1) is 18.8. The number of Topliss-reactive ketones (excluding diaryl/α,β-unsaturated/α-hetero) is 1. The molecule has 2 aromatic heterocycles. The molecule has 0 aliphatic heterocycles. The Morgan fingerprint density at radius 3 is 2.79 bits per heavy atom. The number of nitro benzene ring substituents is 1. The molecule has 1 aliphatic rings. The van der Waals surface area contributed by atoms with Crippen LogP contribution in [0.3, 0.4) is 0 Å². The first-order valence-electron chi connectivity index (χ1n) is 8.85. The maximum absolute atomic E-state index is 13.0. The molecular weight excluding hydrogens is 398 g/mol. The van der Waals surface area contributed by atoms with Crippen LogP contribution in [0.25, 0.3) is 10.2 Å². The predicted molar refractivity (Wildman–Crippen MR) is 109 cm³/mol. The molecule has 0 saturated heterocycles. The Bertz CT molecular complexity index is 1200. The zero-order valence-electron chi connectivity index (χ0n) is 15.4. The van der Waals surface area contributed by atoms with E-state index in [1.807, 2.05) is 0 Å². The van der Waals surface area contributed by atoms with Gasteiger partial charge in [0.25, 0.3) is 11.2 Å². The number of nitrogens with zero attached hydrogens (tertiary/aromatic N) is 3. The number of rotatable bonds is 4. The number of fused-ring (bicyclic) bond motifs is 3. The minimum Gasteiger partial charge on any atom is -0.295 e. The number of aryl methyl sites for hydroxylation is 2. The average Bonchev–Trinajstić information content (AvgIpc) is 3.04. The smallest absolute Gasteiger partial charge is 0.284 e. The van der Waals surface area contributed by atoms with Gasteiger partial charge in [-0.15, -0.1) is 11.3 Å². The highest BCUT2D eigenvalue weighted by Crippen LogP contribution is 2.37. The summed E-state index contributed by atoms with van der Waals surface area (Å²) in [7, 11) is 1.64. The largest absolute Gasteiger partial charge is 0.295 e. The lowest BCUT2D eigenvalue weighted by molar-refractivity contribution is -0.387. The number of carbonyl (C=O) groups excluding carboxylic acids is 1. The van der Waals surface area contributed by atoms with Crippen molar-refractivity contribution in [1.29, 1.82) is 0 Å². The summed E-state index contributed by atoms with van der Waals surface area (Å²) >= 11 is 2.62. The predicted octanol–water partition coefficient (Wildman–Crippen LogP) is 4.14. The Morgan fingerprint density at radius 2 is 2.07 bits per heavy atom. The van der Waals surface area contributed by atoms with Crippen molar-refractivity contribution in [3.8, 4) is 0 Å². The quantitative estimate of drug-likeness (QED) is 0.275. The summed E-state index contributed by atoms with van der Waals surface area (Å²) in [5, 5.41) is 12.6. The molecule has 4 rings (SSSR count). The van der Waals surface area contributed by atoms with Crippen molar-refractivity contribution in [2.45, 2.75) is 42.7 Å². The summed E-state index contributed by atoms with van der Waals surface area (Å²) in [5.41, 5.74) is 1.11. The van der Waals surface area contributed by atoms with Gasteiger partial charge in [-0.25, -0.2) is 4.98 Å². The van der Waals surface area contributed by atoms with Gasteiger partial charge in [0, 0.05) is 23.6 Å². The number of benzene rings is 1. The molecule has 144 valence electrons. The third-order valence-electron chi connectivity index (χ3n) is 4.92. The van der Waals surface area contributed by atoms with Crippen LogP contribution in [0, 0.1) is 10.1 Å². The van der Waals surface area contributed by atoms with Gasteiger partial charge in [-0.2, -0.15) is 0 Å². The third-order valence-corrected chi connectivity index (χ3v) is 7.22. The molecular formula is C19H17N3O4S2. The second kappa shape index (κ2) is 7.14. The van der Waals surface area contributed by atoms with E-state index in [9.17, 15) is 19.7 Å². The van der Waals surface area contributed by atoms with Gasteiger partial charge in [-0.1, -0.05) is 0 Å². The number of hydrogen-bond donors (Lipinski definition) is 0. The van der Waals surface area contributed by atoms with Gasteiger partial charge in [0.2, 0.25) is 0 Å². The zero-order valence-corrected chi connectivity index (χ0v) is 17.0.